The fourth-order valence-corrected chi connectivity index (χ4v) is 1.08. The quantitative estimate of drug-likeness (QED) is 0.366. The number of esters is 1. The van der Waals surface area contributed by atoms with Gasteiger partial charge in [-0.25, -0.2) is 4.79 Å². The van der Waals surface area contributed by atoms with Crippen molar-refractivity contribution < 1.29 is 14.5 Å². The molecule has 0 aliphatic heterocycles. The lowest BCUT2D eigenvalue weighted by atomic mass is 10.3. The fraction of sp³-hybridized carbons (Fsp3) is 0.182. The lowest BCUT2D eigenvalue weighted by molar-refractivity contribution is -0.384. The minimum Gasteiger partial charge on any atom is -0.463 e. The van der Waals surface area contributed by atoms with Gasteiger partial charge in [0.25, 0.3) is 5.69 Å². The Balaban J connectivity index is 2.52. The summed E-state index contributed by atoms with van der Waals surface area (Å²) in [4.78, 5) is 20.9. The van der Waals surface area contributed by atoms with Gasteiger partial charge >= 0.3 is 5.97 Å². The zero-order valence-electron chi connectivity index (χ0n) is 9.25. The van der Waals surface area contributed by atoms with Crippen molar-refractivity contribution in [2.75, 3.05) is 11.9 Å². The number of anilines is 1. The topological polar surface area (TPSA) is 81.5 Å². The average Bonchev–Trinajstić information content (AvgIpc) is 2.30. The molecule has 0 atom stereocenters. The Labute approximate surface area is 98.0 Å². The Morgan fingerprint density at radius 1 is 1.47 bits per heavy atom. The molecule has 0 heterocycles. The van der Waals surface area contributed by atoms with Crippen LogP contribution in [0, 0.1) is 10.1 Å². The van der Waals surface area contributed by atoms with Crippen LogP contribution in [0.1, 0.15) is 6.92 Å². The van der Waals surface area contributed by atoms with Crippen LogP contribution in [0.15, 0.2) is 36.5 Å². The summed E-state index contributed by atoms with van der Waals surface area (Å²) in [5.74, 6) is -0.443. The van der Waals surface area contributed by atoms with Gasteiger partial charge in [-0.15, -0.1) is 0 Å². The number of nitrogens with one attached hydrogen (secondary N) is 1. The third-order valence-corrected chi connectivity index (χ3v) is 1.83. The Kier molecular flexibility index (Phi) is 4.68. The number of nitrogens with zero attached hydrogens (tertiary/aromatic N) is 1. The highest BCUT2D eigenvalue weighted by molar-refractivity contribution is 5.82. The smallest absolute Gasteiger partial charge is 0.332 e. The third-order valence-electron chi connectivity index (χ3n) is 1.83. The zero-order valence-corrected chi connectivity index (χ0v) is 9.25. The molecule has 1 rings (SSSR count). The van der Waals surface area contributed by atoms with E-state index < -0.39 is 10.9 Å². The van der Waals surface area contributed by atoms with E-state index in [4.69, 9.17) is 0 Å². The van der Waals surface area contributed by atoms with Crippen LogP contribution in [0.5, 0.6) is 0 Å². The second kappa shape index (κ2) is 6.26. The van der Waals surface area contributed by atoms with Crippen molar-refractivity contribution in [2.24, 2.45) is 0 Å². The number of nitro groups is 1. The van der Waals surface area contributed by atoms with Crippen LogP contribution in [0.2, 0.25) is 0 Å². The number of non-ortho nitro benzene ring substituents is 1. The Hall–Kier alpha value is -2.37. The molecule has 0 unspecified atom stereocenters. The summed E-state index contributed by atoms with van der Waals surface area (Å²) < 4.78 is 4.68. The molecule has 0 saturated heterocycles. The van der Waals surface area contributed by atoms with Crippen LogP contribution in [-0.4, -0.2) is 17.5 Å². The number of benzene rings is 1. The van der Waals surface area contributed by atoms with E-state index in [2.05, 4.69) is 10.1 Å². The van der Waals surface area contributed by atoms with Gasteiger partial charge < -0.3 is 10.1 Å². The molecule has 0 aliphatic rings. The largest absolute Gasteiger partial charge is 0.463 e. The van der Waals surface area contributed by atoms with Gasteiger partial charge in [-0.2, -0.15) is 0 Å². The van der Waals surface area contributed by atoms with E-state index in [-0.39, 0.29) is 5.69 Å². The lowest BCUT2D eigenvalue weighted by Gasteiger charge is -1.99. The van der Waals surface area contributed by atoms with Crippen molar-refractivity contribution >= 4 is 17.3 Å². The van der Waals surface area contributed by atoms with E-state index in [0.717, 1.165) is 0 Å². The van der Waals surface area contributed by atoms with E-state index in [1.54, 1.807) is 19.1 Å². The van der Waals surface area contributed by atoms with E-state index in [1.807, 2.05) is 0 Å². The number of rotatable bonds is 5. The van der Waals surface area contributed by atoms with Gasteiger partial charge in [0.1, 0.15) is 0 Å². The Morgan fingerprint density at radius 3 is 2.65 bits per heavy atom. The Morgan fingerprint density at radius 2 is 2.12 bits per heavy atom. The summed E-state index contributed by atoms with van der Waals surface area (Å²) >= 11 is 0. The van der Waals surface area contributed by atoms with E-state index >= 15 is 0 Å². The van der Waals surface area contributed by atoms with Gasteiger partial charge in [-0.1, -0.05) is 0 Å². The number of hydrogen-bond acceptors (Lipinski definition) is 5. The molecule has 0 bridgehead atoms. The van der Waals surface area contributed by atoms with Crippen molar-refractivity contribution in [3.8, 4) is 0 Å². The van der Waals surface area contributed by atoms with Crippen molar-refractivity contribution in [3.05, 3.63) is 46.7 Å². The number of hydrogen-bond donors (Lipinski definition) is 1. The van der Waals surface area contributed by atoms with Gasteiger partial charge in [0.05, 0.1) is 11.5 Å². The molecule has 0 saturated carbocycles. The molecule has 1 N–H and O–H groups in total. The minimum absolute atomic E-state index is 0.0184. The molecule has 1 aromatic rings. The second-order valence-electron chi connectivity index (χ2n) is 3.03. The molecule has 6 nitrogen and oxygen atoms in total. The summed E-state index contributed by atoms with van der Waals surface area (Å²) in [6, 6.07) is 5.85. The van der Waals surface area contributed by atoms with Crippen LogP contribution in [-0.2, 0) is 9.53 Å². The van der Waals surface area contributed by atoms with Crippen LogP contribution in [0.25, 0.3) is 0 Å². The molecule has 6 heteroatoms. The van der Waals surface area contributed by atoms with E-state index in [0.29, 0.717) is 12.3 Å². The van der Waals surface area contributed by atoms with Crippen LogP contribution in [0.3, 0.4) is 0 Å². The fourth-order valence-electron chi connectivity index (χ4n) is 1.08. The molecule has 1 aromatic carbocycles. The molecule has 0 aliphatic carbocycles. The molecule has 17 heavy (non-hydrogen) atoms. The maximum absolute atomic E-state index is 10.9. The molecule has 0 fully saturated rings. The Bertz CT molecular complexity index is 426. The van der Waals surface area contributed by atoms with Crippen LogP contribution < -0.4 is 5.32 Å². The molecule has 0 amide bonds. The number of nitro benzene ring substituents is 1. The normalized spacial score (nSPS) is 10.2. The van der Waals surface area contributed by atoms with E-state index in [9.17, 15) is 14.9 Å². The standard InChI is InChI=1S/C11H12N2O4/c1-2-17-11(14)7-8-12-9-3-5-10(6-4-9)13(15)16/h3-8,12H,2H2,1H3. The minimum atomic E-state index is -0.474. The number of carbonyl (C=O) groups excluding carboxylic acids is 1. The zero-order chi connectivity index (χ0) is 12.7. The molecular weight excluding hydrogens is 224 g/mol. The predicted molar refractivity (Wildman–Crippen MR) is 62.5 cm³/mol. The lowest BCUT2D eigenvalue weighted by Crippen LogP contribution is -2.00. The first-order chi connectivity index (χ1) is 8.13. The van der Waals surface area contributed by atoms with Crippen molar-refractivity contribution in [3.63, 3.8) is 0 Å². The van der Waals surface area contributed by atoms with Gasteiger partial charge in [0.2, 0.25) is 0 Å². The van der Waals surface area contributed by atoms with Crippen LogP contribution in [0.4, 0.5) is 11.4 Å². The summed E-state index contributed by atoms with van der Waals surface area (Å²) in [5, 5.41) is 13.2. The first-order valence-electron chi connectivity index (χ1n) is 4.97. The van der Waals surface area contributed by atoms with Crippen molar-refractivity contribution in [2.45, 2.75) is 6.92 Å². The van der Waals surface area contributed by atoms with E-state index in [1.165, 1.54) is 24.4 Å². The molecule has 0 radical (unpaired) electrons. The van der Waals surface area contributed by atoms with Crippen LogP contribution >= 0.6 is 0 Å². The molecular formula is C11H12N2O4. The predicted octanol–water partition coefficient (Wildman–Crippen LogP) is 2.08. The maximum atomic E-state index is 10.9. The highest BCUT2D eigenvalue weighted by atomic mass is 16.6. The van der Waals surface area contributed by atoms with Gasteiger partial charge in [-0.3, -0.25) is 10.1 Å². The van der Waals surface area contributed by atoms with Gasteiger partial charge in [0.15, 0.2) is 0 Å². The first-order valence-corrected chi connectivity index (χ1v) is 4.97. The second-order valence-corrected chi connectivity index (χ2v) is 3.03. The first kappa shape index (κ1) is 12.7. The third kappa shape index (κ3) is 4.33. The summed E-state index contributed by atoms with van der Waals surface area (Å²) in [7, 11) is 0. The number of ether oxygens (including phenoxy) is 1. The summed E-state index contributed by atoms with van der Waals surface area (Å²) in [6.45, 7) is 2.04. The highest BCUT2D eigenvalue weighted by Gasteiger charge is 2.02. The van der Waals surface area contributed by atoms with Crippen molar-refractivity contribution in [1.82, 2.24) is 0 Å². The maximum Gasteiger partial charge on any atom is 0.332 e. The number of carbonyl (C=O) groups is 1. The van der Waals surface area contributed by atoms with Crippen molar-refractivity contribution in [1.29, 1.82) is 0 Å². The molecule has 90 valence electrons. The van der Waals surface area contributed by atoms with Gasteiger partial charge in [0, 0.05) is 30.1 Å². The molecule has 0 aromatic heterocycles. The summed E-state index contributed by atoms with van der Waals surface area (Å²) in [6.07, 6.45) is 2.66. The molecule has 0 spiro atoms. The summed E-state index contributed by atoms with van der Waals surface area (Å²) in [5.41, 5.74) is 0.668. The highest BCUT2D eigenvalue weighted by Crippen LogP contribution is 2.15. The van der Waals surface area contributed by atoms with Gasteiger partial charge in [-0.05, 0) is 19.1 Å². The SMILES string of the molecule is CCOC(=O)C=CNc1ccc([N+](=O)[O-])cc1. The average molecular weight is 236 g/mol. The monoisotopic (exact) mass is 236 g/mol.